The zero-order chi connectivity index (χ0) is 25.8. The molecule has 5 rings (SSSR count). The standard InChI is InChI=1S/C27H38N4O5S/c1-21-8-10-24(11-9-21)37(33,34)31-23(6-5-7-25(31)26-28-14-19-35-26)20-36-27(32)30-17-12-22(13-18-30)29-15-3-2-4-16-29/h8-11,14,19,22-23,25H,2-7,12-13,15-18,20H2,1H3. The highest BCUT2D eigenvalue weighted by Gasteiger charge is 2.43. The Morgan fingerprint density at radius 2 is 1.73 bits per heavy atom. The highest BCUT2D eigenvalue weighted by Crippen LogP contribution is 2.38. The fraction of sp³-hybridized carbons (Fsp3) is 0.630. The number of oxazole rings is 1. The van der Waals surface area contributed by atoms with Crippen LogP contribution in [-0.4, -0.2) is 78.5 Å². The Bertz CT molecular complexity index is 1120. The lowest BCUT2D eigenvalue weighted by molar-refractivity contribution is 0.0424. The molecule has 0 aliphatic carbocycles. The summed E-state index contributed by atoms with van der Waals surface area (Å²) in [5.41, 5.74) is 0.983. The van der Waals surface area contributed by atoms with E-state index in [0.717, 1.165) is 37.9 Å². The van der Waals surface area contributed by atoms with Gasteiger partial charge in [0.05, 0.1) is 17.1 Å². The maximum absolute atomic E-state index is 13.8. The summed E-state index contributed by atoms with van der Waals surface area (Å²) in [5, 5.41) is 0. The molecular formula is C27H38N4O5S. The predicted molar refractivity (Wildman–Crippen MR) is 138 cm³/mol. The van der Waals surface area contributed by atoms with Gasteiger partial charge in [-0.3, -0.25) is 0 Å². The van der Waals surface area contributed by atoms with Crippen molar-refractivity contribution in [2.45, 2.75) is 81.3 Å². The SMILES string of the molecule is Cc1ccc(S(=O)(=O)N2C(COC(=O)N3CCC(N4CCCCC4)CC3)CCCC2c2ncco2)cc1. The first-order chi connectivity index (χ1) is 17.9. The van der Waals surface area contributed by atoms with Crippen molar-refractivity contribution < 1.29 is 22.4 Å². The molecule has 3 fully saturated rings. The second-order valence-corrected chi connectivity index (χ2v) is 12.4. The van der Waals surface area contributed by atoms with Crippen LogP contribution in [-0.2, 0) is 14.8 Å². The second kappa shape index (κ2) is 11.5. The number of piperidine rings is 3. The van der Waals surface area contributed by atoms with Crippen molar-refractivity contribution in [3.05, 3.63) is 48.2 Å². The molecule has 0 bridgehead atoms. The smallest absolute Gasteiger partial charge is 0.409 e. The minimum absolute atomic E-state index is 0.00713. The Balaban J connectivity index is 1.26. The number of rotatable bonds is 6. The lowest BCUT2D eigenvalue weighted by atomic mass is 9.99. The number of carbonyl (C=O) groups excluding carboxylic acids is 1. The normalized spacial score (nSPS) is 24.7. The Morgan fingerprint density at radius 1 is 1.00 bits per heavy atom. The molecule has 202 valence electrons. The Labute approximate surface area is 219 Å². The maximum atomic E-state index is 13.8. The predicted octanol–water partition coefficient (Wildman–Crippen LogP) is 4.35. The summed E-state index contributed by atoms with van der Waals surface area (Å²) in [4.78, 5) is 21.8. The number of benzene rings is 1. The number of hydrogen-bond donors (Lipinski definition) is 0. The summed E-state index contributed by atoms with van der Waals surface area (Å²) in [6, 6.07) is 6.34. The lowest BCUT2D eigenvalue weighted by Gasteiger charge is -2.41. The van der Waals surface area contributed by atoms with Crippen LogP contribution in [0.3, 0.4) is 0 Å². The van der Waals surface area contributed by atoms with Crippen molar-refractivity contribution in [1.82, 2.24) is 19.1 Å². The fourth-order valence-corrected chi connectivity index (χ4v) is 7.81. The van der Waals surface area contributed by atoms with Crippen LogP contribution < -0.4 is 0 Å². The van der Waals surface area contributed by atoms with Gasteiger partial charge < -0.3 is 19.0 Å². The van der Waals surface area contributed by atoms with E-state index in [1.165, 1.54) is 36.0 Å². The van der Waals surface area contributed by atoms with Crippen LogP contribution in [0.5, 0.6) is 0 Å². The topological polar surface area (TPSA) is 96.2 Å². The third-order valence-corrected chi connectivity index (χ3v) is 10.0. The summed E-state index contributed by atoms with van der Waals surface area (Å²) in [5.74, 6) is 0.367. The van der Waals surface area contributed by atoms with Crippen molar-refractivity contribution >= 4 is 16.1 Å². The van der Waals surface area contributed by atoms with Crippen molar-refractivity contribution in [3.63, 3.8) is 0 Å². The zero-order valence-electron chi connectivity index (χ0n) is 21.6. The number of hydrogen-bond acceptors (Lipinski definition) is 7. The van der Waals surface area contributed by atoms with Gasteiger partial charge in [0.25, 0.3) is 0 Å². The van der Waals surface area contributed by atoms with Crippen molar-refractivity contribution in [2.24, 2.45) is 0 Å². The molecule has 1 aromatic carbocycles. The van der Waals surface area contributed by atoms with Crippen molar-refractivity contribution in [1.29, 1.82) is 0 Å². The van der Waals surface area contributed by atoms with Crippen LogP contribution in [0.4, 0.5) is 4.79 Å². The van der Waals surface area contributed by atoms with E-state index in [0.29, 0.717) is 37.9 Å². The molecule has 2 aromatic rings. The van der Waals surface area contributed by atoms with E-state index in [4.69, 9.17) is 9.15 Å². The summed E-state index contributed by atoms with van der Waals surface area (Å²) in [7, 11) is -3.87. The van der Waals surface area contributed by atoms with E-state index in [-0.39, 0.29) is 17.6 Å². The van der Waals surface area contributed by atoms with Crippen LogP contribution >= 0.6 is 0 Å². The number of ether oxygens (including phenoxy) is 1. The highest BCUT2D eigenvalue weighted by molar-refractivity contribution is 7.89. The highest BCUT2D eigenvalue weighted by atomic mass is 32.2. The van der Waals surface area contributed by atoms with Gasteiger partial charge in [0, 0.05) is 19.1 Å². The molecule has 9 nitrogen and oxygen atoms in total. The van der Waals surface area contributed by atoms with Gasteiger partial charge in [-0.05, 0) is 77.1 Å². The second-order valence-electron chi connectivity index (χ2n) is 10.5. The van der Waals surface area contributed by atoms with Crippen LogP contribution in [0.2, 0.25) is 0 Å². The van der Waals surface area contributed by atoms with Crippen LogP contribution in [0.15, 0.2) is 46.0 Å². The molecule has 10 heteroatoms. The number of aromatic nitrogens is 1. The molecule has 2 atom stereocenters. The number of nitrogens with zero attached hydrogens (tertiary/aromatic N) is 4. The minimum Gasteiger partial charge on any atom is -0.448 e. The van der Waals surface area contributed by atoms with Crippen molar-refractivity contribution in [3.8, 4) is 0 Å². The fourth-order valence-electron chi connectivity index (χ4n) is 6.00. The van der Waals surface area contributed by atoms with E-state index < -0.39 is 22.1 Å². The Morgan fingerprint density at radius 3 is 2.41 bits per heavy atom. The minimum atomic E-state index is -3.87. The van der Waals surface area contributed by atoms with Crippen LogP contribution in [0, 0.1) is 6.92 Å². The van der Waals surface area contributed by atoms with Gasteiger partial charge in [-0.25, -0.2) is 18.2 Å². The monoisotopic (exact) mass is 530 g/mol. The number of likely N-dealkylation sites (tertiary alicyclic amines) is 2. The van der Waals surface area contributed by atoms with E-state index in [2.05, 4.69) is 9.88 Å². The third-order valence-electron chi connectivity index (χ3n) is 8.04. The molecule has 0 spiro atoms. The molecule has 0 radical (unpaired) electrons. The quantitative estimate of drug-likeness (QED) is 0.548. The first-order valence-corrected chi connectivity index (χ1v) is 15.0. The number of sulfonamides is 1. The molecule has 3 saturated heterocycles. The van der Waals surface area contributed by atoms with E-state index >= 15 is 0 Å². The van der Waals surface area contributed by atoms with E-state index in [1.54, 1.807) is 29.2 Å². The van der Waals surface area contributed by atoms with Gasteiger partial charge in [0.15, 0.2) is 0 Å². The molecule has 2 unspecified atom stereocenters. The summed E-state index contributed by atoms with van der Waals surface area (Å²) in [6.07, 6.45) is 10.4. The van der Waals surface area contributed by atoms with Gasteiger partial charge in [0.2, 0.25) is 15.9 Å². The zero-order valence-corrected chi connectivity index (χ0v) is 22.4. The average molecular weight is 531 g/mol. The summed E-state index contributed by atoms with van der Waals surface area (Å²) < 4.78 is 40.5. The molecule has 0 N–H and O–H groups in total. The molecule has 1 amide bonds. The summed E-state index contributed by atoms with van der Waals surface area (Å²) in [6.45, 7) is 5.60. The molecular weight excluding hydrogens is 492 g/mol. The molecule has 0 saturated carbocycles. The van der Waals surface area contributed by atoms with E-state index in [9.17, 15) is 13.2 Å². The maximum Gasteiger partial charge on any atom is 0.409 e. The number of carbonyl (C=O) groups is 1. The lowest BCUT2D eigenvalue weighted by Crippen LogP contribution is -2.50. The summed E-state index contributed by atoms with van der Waals surface area (Å²) >= 11 is 0. The Hall–Kier alpha value is -2.43. The van der Waals surface area contributed by atoms with Gasteiger partial charge in [0.1, 0.15) is 18.9 Å². The first-order valence-electron chi connectivity index (χ1n) is 13.6. The molecule has 4 heterocycles. The average Bonchev–Trinajstić information content (AvgIpc) is 3.47. The van der Waals surface area contributed by atoms with Gasteiger partial charge in [-0.15, -0.1) is 0 Å². The largest absolute Gasteiger partial charge is 0.448 e. The van der Waals surface area contributed by atoms with Crippen LogP contribution in [0.25, 0.3) is 0 Å². The van der Waals surface area contributed by atoms with Crippen LogP contribution in [0.1, 0.15) is 68.9 Å². The first kappa shape index (κ1) is 26.2. The molecule has 1 aromatic heterocycles. The van der Waals surface area contributed by atoms with Crippen molar-refractivity contribution in [2.75, 3.05) is 32.8 Å². The number of aryl methyl sites for hydroxylation is 1. The molecule has 37 heavy (non-hydrogen) atoms. The Kier molecular flexibility index (Phi) is 8.16. The van der Waals surface area contributed by atoms with Gasteiger partial charge in [-0.1, -0.05) is 24.1 Å². The number of amides is 1. The third kappa shape index (κ3) is 5.86. The molecule has 3 aliphatic rings. The van der Waals surface area contributed by atoms with Gasteiger partial charge in [-0.2, -0.15) is 4.31 Å². The van der Waals surface area contributed by atoms with E-state index in [1.807, 2.05) is 6.92 Å². The molecule has 3 aliphatic heterocycles. The van der Waals surface area contributed by atoms with Gasteiger partial charge >= 0.3 is 6.09 Å².